The van der Waals surface area contributed by atoms with Crippen LogP contribution in [0.2, 0.25) is 0 Å². The van der Waals surface area contributed by atoms with E-state index in [1.807, 2.05) is 0 Å². The van der Waals surface area contributed by atoms with Crippen LogP contribution in [0, 0.1) is 5.41 Å². The third-order valence-electron chi connectivity index (χ3n) is 2.15. The molecule has 92 valence electrons. The summed E-state index contributed by atoms with van der Waals surface area (Å²) >= 11 is 6.22. The molecule has 0 saturated heterocycles. The average molecular weight is 236 g/mol. The second kappa shape index (κ2) is 8.37. The second-order valence-corrected chi connectivity index (χ2v) is 5.88. The predicted octanol–water partition coefficient (Wildman–Crippen LogP) is 3.05. The quantitative estimate of drug-likeness (QED) is 0.516. The normalized spacial score (nSPS) is 14.2. The van der Waals surface area contributed by atoms with Gasteiger partial charge in [0.25, 0.3) is 0 Å². The highest BCUT2D eigenvalue weighted by Crippen LogP contribution is 2.23. The summed E-state index contributed by atoms with van der Waals surface area (Å²) in [5.74, 6) is 0. The first kappa shape index (κ1) is 15.2. The van der Waals surface area contributed by atoms with Crippen molar-refractivity contribution >= 4 is 11.6 Å². The third-order valence-corrected chi connectivity index (χ3v) is 2.46. The zero-order valence-corrected chi connectivity index (χ0v) is 11.4. The molecule has 0 aliphatic heterocycles. The Kier molecular flexibility index (Phi) is 8.49. The van der Waals surface area contributed by atoms with Crippen molar-refractivity contribution in [3.05, 3.63) is 0 Å². The number of unbranched alkanes of at least 4 members (excludes halogenated alkanes) is 1. The Balaban J connectivity index is 3.28. The smallest absolute Gasteiger partial charge is 0.0465 e. The Bertz CT molecular complexity index is 145. The van der Waals surface area contributed by atoms with Gasteiger partial charge in [-0.3, -0.25) is 0 Å². The van der Waals surface area contributed by atoms with E-state index in [-0.39, 0.29) is 5.38 Å². The summed E-state index contributed by atoms with van der Waals surface area (Å²) in [5, 5.41) is 3.62. The maximum atomic E-state index is 6.22. The number of halogens is 1. The van der Waals surface area contributed by atoms with Crippen LogP contribution in [0.3, 0.4) is 0 Å². The van der Waals surface area contributed by atoms with Gasteiger partial charge in [0.05, 0.1) is 0 Å². The lowest BCUT2D eigenvalue weighted by molar-refractivity contribution is 0.192. The topological polar surface area (TPSA) is 21.3 Å². The van der Waals surface area contributed by atoms with Gasteiger partial charge in [-0.15, -0.1) is 11.6 Å². The number of ether oxygens (including phenoxy) is 1. The standard InChI is InChI=1S/C12H26ClNO/c1-12(2,3)9-11(13)10-14-7-5-6-8-15-4/h11,14H,5-10H2,1-4H3. The van der Waals surface area contributed by atoms with Crippen LogP contribution in [0.1, 0.15) is 40.0 Å². The molecule has 3 heteroatoms. The van der Waals surface area contributed by atoms with Crippen LogP contribution < -0.4 is 5.32 Å². The lowest BCUT2D eigenvalue weighted by Gasteiger charge is -2.22. The third kappa shape index (κ3) is 12.1. The van der Waals surface area contributed by atoms with E-state index in [0.717, 1.165) is 39.0 Å². The summed E-state index contributed by atoms with van der Waals surface area (Å²) in [4.78, 5) is 0. The molecule has 0 saturated carbocycles. The predicted molar refractivity (Wildman–Crippen MR) is 67.7 cm³/mol. The number of rotatable bonds is 8. The number of hydrogen-bond acceptors (Lipinski definition) is 2. The van der Waals surface area contributed by atoms with Crippen LogP contribution in [0.25, 0.3) is 0 Å². The first-order chi connectivity index (χ1) is 6.95. The molecule has 0 radical (unpaired) electrons. The Hall–Kier alpha value is 0.210. The minimum absolute atomic E-state index is 0.243. The van der Waals surface area contributed by atoms with E-state index in [4.69, 9.17) is 16.3 Å². The summed E-state index contributed by atoms with van der Waals surface area (Å²) in [5.41, 5.74) is 0.324. The molecule has 0 rings (SSSR count). The molecule has 0 aliphatic rings. The molecular weight excluding hydrogens is 210 g/mol. The van der Waals surface area contributed by atoms with Crippen molar-refractivity contribution in [2.24, 2.45) is 5.41 Å². The van der Waals surface area contributed by atoms with Gasteiger partial charge >= 0.3 is 0 Å². The van der Waals surface area contributed by atoms with Gasteiger partial charge in [0.2, 0.25) is 0 Å². The van der Waals surface area contributed by atoms with Gasteiger partial charge in [0.15, 0.2) is 0 Å². The zero-order chi connectivity index (χ0) is 11.7. The Morgan fingerprint density at radius 3 is 2.47 bits per heavy atom. The van der Waals surface area contributed by atoms with E-state index in [1.54, 1.807) is 7.11 Å². The molecule has 0 heterocycles. The van der Waals surface area contributed by atoms with E-state index in [9.17, 15) is 0 Å². The van der Waals surface area contributed by atoms with Crippen LogP contribution in [0.5, 0.6) is 0 Å². The van der Waals surface area contributed by atoms with E-state index >= 15 is 0 Å². The molecule has 0 amide bonds. The second-order valence-electron chi connectivity index (χ2n) is 5.27. The Morgan fingerprint density at radius 2 is 1.93 bits per heavy atom. The van der Waals surface area contributed by atoms with Crippen molar-refractivity contribution < 1.29 is 4.74 Å². The van der Waals surface area contributed by atoms with E-state index in [1.165, 1.54) is 0 Å². The van der Waals surface area contributed by atoms with Crippen molar-refractivity contribution in [2.75, 3.05) is 26.8 Å². The van der Waals surface area contributed by atoms with Crippen LogP contribution in [0.15, 0.2) is 0 Å². The first-order valence-electron chi connectivity index (χ1n) is 5.79. The zero-order valence-electron chi connectivity index (χ0n) is 10.6. The molecule has 0 aromatic rings. The summed E-state index contributed by atoms with van der Waals surface area (Å²) in [6.07, 6.45) is 3.34. The highest BCUT2D eigenvalue weighted by Gasteiger charge is 2.15. The average Bonchev–Trinajstić information content (AvgIpc) is 2.08. The monoisotopic (exact) mass is 235 g/mol. The van der Waals surface area contributed by atoms with Crippen molar-refractivity contribution in [3.63, 3.8) is 0 Å². The molecule has 0 aromatic carbocycles. The maximum Gasteiger partial charge on any atom is 0.0465 e. The molecule has 0 fully saturated rings. The maximum absolute atomic E-state index is 6.22. The van der Waals surface area contributed by atoms with Gasteiger partial charge in [-0.1, -0.05) is 20.8 Å². The number of methoxy groups -OCH3 is 1. The fraction of sp³-hybridized carbons (Fsp3) is 1.00. The number of alkyl halides is 1. The lowest BCUT2D eigenvalue weighted by Crippen LogP contribution is -2.27. The van der Waals surface area contributed by atoms with Gasteiger partial charge in [-0.25, -0.2) is 0 Å². The van der Waals surface area contributed by atoms with E-state index < -0.39 is 0 Å². The summed E-state index contributed by atoms with van der Waals surface area (Å²) < 4.78 is 4.98. The SMILES string of the molecule is COCCCCNCC(Cl)CC(C)(C)C. The summed E-state index contributed by atoms with van der Waals surface area (Å²) in [7, 11) is 1.74. The molecule has 0 aliphatic carbocycles. The minimum atomic E-state index is 0.243. The highest BCUT2D eigenvalue weighted by atomic mass is 35.5. The van der Waals surface area contributed by atoms with E-state index in [0.29, 0.717) is 5.41 Å². The molecule has 0 spiro atoms. The summed E-state index contributed by atoms with van der Waals surface area (Å²) in [6, 6.07) is 0. The largest absolute Gasteiger partial charge is 0.385 e. The fourth-order valence-corrected chi connectivity index (χ4v) is 2.06. The Morgan fingerprint density at radius 1 is 1.27 bits per heavy atom. The van der Waals surface area contributed by atoms with Crippen molar-refractivity contribution in [3.8, 4) is 0 Å². The van der Waals surface area contributed by atoms with Gasteiger partial charge in [-0.05, 0) is 31.2 Å². The van der Waals surface area contributed by atoms with Crippen molar-refractivity contribution in [1.29, 1.82) is 0 Å². The van der Waals surface area contributed by atoms with Gasteiger partial charge < -0.3 is 10.1 Å². The Labute approximate surface area is 99.7 Å². The van der Waals surface area contributed by atoms with Gasteiger partial charge in [-0.2, -0.15) is 0 Å². The fourth-order valence-electron chi connectivity index (χ4n) is 1.49. The molecule has 1 atom stereocenters. The molecular formula is C12H26ClNO. The number of hydrogen-bond donors (Lipinski definition) is 1. The van der Waals surface area contributed by atoms with Crippen molar-refractivity contribution in [2.45, 2.75) is 45.4 Å². The summed E-state index contributed by atoms with van der Waals surface area (Å²) in [6.45, 7) is 9.47. The van der Waals surface area contributed by atoms with Crippen LogP contribution in [-0.2, 0) is 4.74 Å². The van der Waals surface area contributed by atoms with Gasteiger partial charge in [0, 0.05) is 25.6 Å². The lowest BCUT2D eigenvalue weighted by atomic mass is 9.90. The van der Waals surface area contributed by atoms with Crippen LogP contribution >= 0.6 is 11.6 Å². The number of nitrogens with one attached hydrogen (secondary N) is 1. The van der Waals surface area contributed by atoms with E-state index in [2.05, 4.69) is 26.1 Å². The molecule has 15 heavy (non-hydrogen) atoms. The van der Waals surface area contributed by atoms with Crippen molar-refractivity contribution in [1.82, 2.24) is 5.32 Å². The molecule has 0 bridgehead atoms. The molecule has 2 nitrogen and oxygen atoms in total. The highest BCUT2D eigenvalue weighted by molar-refractivity contribution is 6.20. The van der Waals surface area contributed by atoms with Crippen LogP contribution in [0.4, 0.5) is 0 Å². The molecule has 0 aromatic heterocycles. The van der Waals surface area contributed by atoms with Gasteiger partial charge in [0.1, 0.15) is 0 Å². The first-order valence-corrected chi connectivity index (χ1v) is 6.23. The van der Waals surface area contributed by atoms with Crippen LogP contribution in [-0.4, -0.2) is 32.2 Å². The minimum Gasteiger partial charge on any atom is -0.385 e. The molecule has 1 N–H and O–H groups in total. The molecule has 1 unspecified atom stereocenters.